The van der Waals surface area contributed by atoms with Crippen molar-refractivity contribution in [3.63, 3.8) is 0 Å². The van der Waals surface area contributed by atoms with E-state index in [9.17, 15) is 9.59 Å². The number of hydrogen-bond donors (Lipinski definition) is 0. The number of ether oxygens (including phenoxy) is 1. The number of carbonyl (C=O) groups is 2. The molecule has 0 fully saturated rings. The predicted molar refractivity (Wildman–Crippen MR) is 80.5 cm³/mol. The third kappa shape index (κ3) is 5.22. The van der Waals surface area contributed by atoms with Crippen LogP contribution in [0.4, 0.5) is 0 Å². The highest BCUT2D eigenvalue weighted by Gasteiger charge is 2.13. The van der Waals surface area contributed by atoms with E-state index in [0.29, 0.717) is 6.42 Å². The second kappa shape index (κ2) is 6.85. The largest absolute Gasteiger partial charge is 0.457 e. The maximum absolute atomic E-state index is 11.2. The lowest BCUT2D eigenvalue weighted by atomic mass is 9.97. The van der Waals surface area contributed by atoms with Crippen molar-refractivity contribution in [1.29, 1.82) is 0 Å². The summed E-state index contributed by atoms with van der Waals surface area (Å²) < 4.78 is 4.83. The van der Waals surface area contributed by atoms with Crippen molar-refractivity contribution in [1.82, 2.24) is 0 Å². The van der Waals surface area contributed by atoms with E-state index < -0.39 is 5.60 Å². The van der Waals surface area contributed by atoms with Crippen molar-refractivity contribution in [3.05, 3.63) is 54.1 Å². The molecule has 0 radical (unpaired) electrons. The molecule has 3 nitrogen and oxygen atoms in total. The Balaban J connectivity index is 0.000000206. The average Bonchev–Trinajstić information content (AvgIpc) is 2.38. The molecule has 106 valence electrons. The molecule has 0 aliphatic heterocycles. The first-order valence-corrected chi connectivity index (χ1v) is 6.47. The van der Waals surface area contributed by atoms with Gasteiger partial charge in [-0.15, -0.1) is 0 Å². The Labute approximate surface area is 120 Å². The summed E-state index contributed by atoms with van der Waals surface area (Å²) in [7, 11) is 0. The molecular formula is C17H20O3. The van der Waals surface area contributed by atoms with Gasteiger partial charge in [0, 0.05) is 18.1 Å². The van der Waals surface area contributed by atoms with Gasteiger partial charge in [-0.1, -0.05) is 43.0 Å². The van der Waals surface area contributed by atoms with Crippen molar-refractivity contribution in [2.24, 2.45) is 0 Å². The van der Waals surface area contributed by atoms with Crippen molar-refractivity contribution < 1.29 is 14.3 Å². The number of rotatable bonds is 1. The Bertz CT molecular complexity index is 533. The molecule has 1 aromatic carbocycles. The molecule has 0 amide bonds. The second-order valence-electron chi connectivity index (χ2n) is 5.35. The first kappa shape index (κ1) is 15.9. The van der Waals surface area contributed by atoms with Crippen LogP contribution in [0, 0.1) is 0 Å². The molecule has 1 aliphatic carbocycles. The van der Waals surface area contributed by atoms with Crippen LogP contribution in [0.5, 0.6) is 0 Å². The van der Waals surface area contributed by atoms with Crippen LogP contribution in [0.25, 0.3) is 6.08 Å². The number of benzene rings is 1. The van der Waals surface area contributed by atoms with Crippen molar-refractivity contribution in [3.8, 4) is 0 Å². The highest BCUT2D eigenvalue weighted by Crippen LogP contribution is 2.17. The van der Waals surface area contributed by atoms with Gasteiger partial charge >= 0.3 is 5.97 Å². The summed E-state index contributed by atoms with van der Waals surface area (Å²) in [4.78, 5) is 21.7. The van der Waals surface area contributed by atoms with Crippen LogP contribution in [-0.2, 0) is 9.53 Å². The summed E-state index contributed by atoms with van der Waals surface area (Å²) >= 11 is 0. The fourth-order valence-corrected chi connectivity index (χ4v) is 1.64. The third-order valence-corrected chi connectivity index (χ3v) is 2.44. The van der Waals surface area contributed by atoms with E-state index in [0.717, 1.165) is 17.2 Å². The highest BCUT2D eigenvalue weighted by atomic mass is 16.6. The zero-order valence-electron chi connectivity index (χ0n) is 12.2. The quantitative estimate of drug-likeness (QED) is 0.577. The molecule has 0 unspecified atom stereocenters. The van der Waals surface area contributed by atoms with Crippen LogP contribution >= 0.6 is 0 Å². The fraction of sp³-hybridized carbons (Fsp3) is 0.294. The van der Waals surface area contributed by atoms with E-state index in [4.69, 9.17) is 4.74 Å². The third-order valence-electron chi connectivity index (χ3n) is 2.44. The maximum atomic E-state index is 11.2. The van der Waals surface area contributed by atoms with Crippen LogP contribution in [0.3, 0.4) is 0 Å². The van der Waals surface area contributed by atoms with E-state index >= 15 is 0 Å². The van der Waals surface area contributed by atoms with Gasteiger partial charge in [0.1, 0.15) is 5.60 Å². The summed E-state index contributed by atoms with van der Waals surface area (Å²) in [5, 5.41) is 0. The van der Waals surface area contributed by atoms with Gasteiger partial charge in [-0.2, -0.15) is 0 Å². The maximum Gasteiger partial charge on any atom is 0.330 e. The molecule has 1 aromatic rings. The Hall–Kier alpha value is -2.16. The number of hydrogen-bond acceptors (Lipinski definition) is 3. The van der Waals surface area contributed by atoms with Gasteiger partial charge in [-0.05, 0) is 26.3 Å². The van der Waals surface area contributed by atoms with Gasteiger partial charge in [0.05, 0.1) is 0 Å². The Kier molecular flexibility index (Phi) is 5.44. The molecule has 0 saturated carbocycles. The van der Waals surface area contributed by atoms with Crippen molar-refractivity contribution >= 4 is 17.8 Å². The van der Waals surface area contributed by atoms with Crippen LogP contribution in [0.1, 0.15) is 43.1 Å². The molecule has 0 atom stereocenters. The lowest BCUT2D eigenvalue weighted by Gasteiger charge is -2.17. The van der Waals surface area contributed by atoms with Gasteiger partial charge in [0.15, 0.2) is 5.78 Å². The zero-order valence-corrected chi connectivity index (χ0v) is 12.2. The van der Waals surface area contributed by atoms with Crippen LogP contribution in [0.2, 0.25) is 0 Å². The van der Waals surface area contributed by atoms with Gasteiger partial charge in [-0.25, -0.2) is 4.79 Å². The summed E-state index contributed by atoms with van der Waals surface area (Å²) in [5.74, 6) is -0.148. The fourth-order valence-electron chi connectivity index (χ4n) is 1.64. The monoisotopic (exact) mass is 272 g/mol. The summed E-state index contributed by atoms with van der Waals surface area (Å²) in [5.41, 5.74) is 1.50. The average molecular weight is 272 g/mol. The van der Waals surface area contributed by atoms with E-state index in [1.807, 2.05) is 57.2 Å². The number of fused-ring (bicyclic) bond motifs is 1. The van der Waals surface area contributed by atoms with E-state index in [2.05, 4.69) is 6.58 Å². The number of carbonyl (C=O) groups excluding carboxylic acids is 2. The topological polar surface area (TPSA) is 43.4 Å². The molecule has 0 bridgehead atoms. The van der Waals surface area contributed by atoms with Gasteiger partial charge in [0.2, 0.25) is 0 Å². The van der Waals surface area contributed by atoms with Crippen LogP contribution in [-0.4, -0.2) is 17.4 Å². The standard InChI is InChI=1S/C10H8O.C7H12O2/c11-10-7-3-5-8-4-1-2-6-9(8)10;1-5-6(8)9-7(2,3)4/h1-6H,7H2;5H,1H2,2-4H3. The zero-order chi connectivity index (χ0) is 15.2. The van der Waals surface area contributed by atoms with E-state index in [-0.39, 0.29) is 11.8 Å². The number of esters is 1. The summed E-state index contributed by atoms with van der Waals surface area (Å²) in [6.45, 7) is 8.71. The molecule has 0 spiro atoms. The minimum atomic E-state index is -0.398. The van der Waals surface area contributed by atoms with Crippen LogP contribution < -0.4 is 0 Å². The molecule has 0 heterocycles. The Morgan fingerprint density at radius 1 is 1.30 bits per heavy atom. The number of ketones is 1. The molecule has 0 aromatic heterocycles. The van der Waals surface area contributed by atoms with Crippen molar-refractivity contribution in [2.75, 3.05) is 0 Å². The van der Waals surface area contributed by atoms with Crippen LogP contribution in [0.15, 0.2) is 43.0 Å². The molecule has 2 rings (SSSR count). The minimum absolute atomic E-state index is 0.225. The number of allylic oxidation sites excluding steroid dienone is 1. The minimum Gasteiger partial charge on any atom is -0.457 e. The number of Topliss-reactive ketones (excluding diaryl/α,β-unsaturated/α-hetero) is 1. The Morgan fingerprint density at radius 2 is 1.95 bits per heavy atom. The molecule has 0 N–H and O–H groups in total. The van der Waals surface area contributed by atoms with Gasteiger partial charge < -0.3 is 4.74 Å². The Morgan fingerprint density at radius 3 is 2.45 bits per heavy atom. The molecule has 0 saturated heterocycles. The van der Waals surface area contributed by atoms with E-state index in [1.165, 1.54) is 0 Å². The van der Waals surface area contributed by atoms with Gasteiger partial charge in [0.25, 0.3) is 0 Å². The second-order valence-corrected chi connectivity index (χ2v) is 5.35. The molecule has 1 aliphatic rings. The highest BCUT2D eigenvalue weighted by molar-refractivity contribution is 6.02. The van der Waals surface area contributed by atoms with Crippen molar-refractivity contribution in [2.45, 2.75) is 32.8 Å². The molecule has 3 heteroatoms. The summed E-state index contributed by atoms with van der Waals surface area (Å²) in [6.07, 6.45) is 5.61. The first-order valence-electron chi connectivity index (χ1n) is 6.47. The van der Waals surface area contributed by atoms with Gasteiger partial charge in [-0.3, -0.25) is 4.79 Å². The first-order chi connectivity index (χ1) is 9.33. The summed E-state index contributed by atoms with van der Waals surface area (Å²) in [6, 6.07) is 7.68. The normalized spacial score (nSPS) is 12.8. The lowest BCUT2D eigenvalue weighted by Crippen LogP contribution is -2.22. The van der Waals surface area contributed by atoms with E-state index in [1.54, 1.807) is 0 Å². The molecular weight excluding hydrogens is 252 g/mol. The molecule has 20 heavy (non-hydrogen) atoms. The SMILES string of the molecule is C=CC(=O)OC(C)(C)C.O=C1CC=Cc2ccccc21. The smallest absolute Gasteiger partial charge is 0.330 e. The lowest BCUT2D eigenvalue weighted by molar-refractivity contribution is -0.148. The predicted octanol–water partition coefficient (Wildman–Crippen LogP) is 3.80.